The van der Waals surface area contributed by atoms with Crippen LogP contribution in [0, 0.1) is 19.7 Å². The molecule has 0 aliphatic heterocycles. The topological polar surface area (TPSA) is 24.9 Å². The van der Waals surface area contributed by atoms with Crippen molar-refractivity contribution in [1.82, 2.24) is 10.3 Å². The summed E-state index contributed by atoms with van der Waals surface area (Å²) in [6, 6.07) is 8.94. The minimum Gasteiger partial charge on any atom is -0.309 e. The Labute approximate surface area is 107 Å². The normalized spacial score (nSPS) is 10.6. The molecule has 0 aliphatic carbocycles. The molecule has 1 heterocycles. The second-order valence-corrected chi connectivity index (χ2v) is 4.48. The maximum absolute atomic E-state index is 12.9. The van der Waals surface area contributed by atoms with Crippen LogP contribution < -0.4 is 5.32 Å². The Bertz CT molecular complexity index is 521. The molecule has 0 saturated heterocycles. The van der Waals surface area contributed by atoms with Crippen molar-refractivity contribution in [3.63, 3.8) is 0 Å². The molecule has 0 fully saturated rings. The van der Waals surface area contributed by atoms with Gasteiger partial charge in [-0.1, -0.05) is 12.1 Å². The summed E-state index contributed by atoms with van der Waals surface area (Å²) in [4.78, 5) is 4.24. The maximum atomic E-state index is 12.9. The van der Waals surface area contributed by atoms with Crippen LogP contribution in [0.2, 0.25) is 0 Å². The molecule has 2 rings (SSSR count). The molecule has 1 N–H and O–H groups in total. The van der Waals surface area contributed by atoms with Crippen molar-refractivity contribution < 1.29 is 4.39 Å². The molecule has 18 heavy (non-hydrogen) atoms. The zero-order valence-corrected chi connectivity index (χ0v) is 10.7. The number of hydrogen-bond donors (Lipinski definition) is 1. The molecule has 1 aromatic heterocycles. The Morgan fingerprint density at radius 3 is 2.61 bits per heavy atom. The fourth-order valence-corrected chi connectivity index (χ4v) is 1.80. The molecule has 2 aromatic rings. The minimum absolute atomic E-state index is 0.181. The summed E-state index contributed by atoms with van der Waals surface area (Å²) >= 11 is 0. The fourth-order valence-electron chi connectivity index (χ4n) is 1.80. The summed E-state index contributed by atoms with van der Waals surface area (Å²) in [5, 5.41) is 3.34. The number of nitrogens with zero attached hydrogens (tertiary/aromatic N) is 1. The van der Waals surface area contributed by atoms with Crippen LogP contribution >= 0.6 is 0 Å². The van der Waals surface area contributed by atoms with Gasteiger partial charge in [-0.05, 0) is 48.7 Å². The lowest BCUT2D eigenvalue weighted by Crippen LogP contribution is -2.13. The van der Waals surface area contributed by atoms with E-state index in [1.54, 1.807) is 6.07 Å². The van der Waals surface area contributed by atoms with Crippen molar-refractivity contribution >= 4 is 0 Å². The average Bonchev–Trinajstić information content (AvgIpc) is 2.34. The predicted molar refractivity (Wildman–Crippen MR) is 70.7 cm³/mol. The standard InChI is InChI=1S/C15H17FN2/c1-11-7-15(16)6-5-14(11)10-17-8-13-4-3-12(2)18-9-13/h3-7,9,17H,8,10H2,1-2H3. The second-order valence-electron chi connectivity index (χ2n) is 4.48. The van der Waals surface area contributed by atoms with Gasteiger partial charge in [0.25, 0.3) is 0 Å². The van der Waals surface area contributed by atoms with Gasteiger partial charge in [0, 0.05) is 25.0 Å². The highest BCUT2D eigenvalue weighted by Gasteiger charge is 2.00. The van der Waals surface area contributed by atoms with Gasteiger partial charge in [0.1, 0.15) is 5.82 Å². The summed E-state index contributed by atoms with van der Waals surface area (Å²) in [6.07, 6.45) is 1.87. The van der Waals surface area contributed by atoms with E-state index in [0.29, 0.717) is 0 Å². The quantitative estimate of drug-likeness (QED) is 0.893. The first-order valence-electron chi connectivity index (χ1n) is 6.02. The highest BCUT2D eigenvalue weighted by molar-refractivity contribution is 5.26. The average molecular weight is 244 g/mol. The number of pyridine rings is 1. The second kappa shape index (κ2) is 5.74. The van der Waals surface area contributed by atoms with Gasteiger partial charge in [-0.2, -0.15) is 0 Å². The Morgan fingerprint density at radius 2 is 1.94 bits per heavy atom. The summed E-state index contributed by atoms with van der Waals surface area (Å²) < 4.78 is 12.9. The van der Waals surface area contributed by atoms with Crippen molar-refractivity contribution in [1.29, 1.82) is 0 Å². The Kier molecular flexibility index (Phi) is 4.05. The SMILES string of the molecule is Cc1ccc(CNCc2ccc(F)cc2C)cn1. The van der Waals surface area contributed by atoms with Gasteiger partial charge in [-0.25, -0.2) is 4.39 Å². The number of aromatic nitrogens is 1. The van der Waals surface area contributed by atoms with Gasteiger partial charge < -0.3 is 5.32 Å². The number of rotatable bonds is 4. The lowest BCUT2D eigenvalue weighted by atomic mass is 10.1. The first-order valence-corrected chi connectivity index (χ1v) is 6.02. The molecule has 0 atom stereocenters. The first kappa shape index (κ1) is 12.7. The molecule has 0 spiro atoms. The van der Waals surface area contributed by atoms with Crippen molar-refractivity contribution in [2.24, 2.45) is 0 Å². The zero-order valence-electron chi connectivity index (χ0n) is 10.7. The van der Waals surface area contributed by atoms with E-state index in [2.05, 4.69) is 16.4 Å². The summed E-state index contributed by atoms with van der Waals surface area (Å²) in [6.45, 7) is 5.40. The molecular weight excluding hydrogens is 227 g/mol. The Morgan fingerprint density at radius 1 is 1.11 bits per heavy atom. The third kappa shape index (κ3) is 3.37. The number of hydrogen-bond acceptors (Lipinski definition) is 2. The van der Waals surface area contributed by atoms with Crippen molar-refractivity contribution in [3.8, 4) is 0 Å². The lowest BCUT2D eigenvalue weighted by molar-refractivity contribution is 0.623. The van der Waals surface area contributed by atoms with Gasteiger partial charge in [-0.3, -0.25) is 4.98 Å². The van der Waals surface area contributed by atoms with E-state index < -0.39 is 0 Å². The van der Waals surface area contributed by atoms with Gasteiger partial charge >= 0.3 is 0 Å². The molecule has 94 valence electrons. The van der Waals surface area contributed by atoms with E-state index in [0.717, 1.165) is 35.5 Å². The monoisotopic (exact) mass is 244 g/mol. The third-order valence-electron chi connectivity index (χ3n) is 2.92. The van der Waals surface area contributed by atoms with Crippen molar-refractivity contribution in [2.75, 3.05) is 0 Å². The highest BCUT2D eigenvalue weighted by atomic mass is 19.1. The van der Waals surface area contributed by atoms with Crippen LogP contribution in [0.5, 0.6) is 0 Å². The Hall–Kier alpha value is -1.74. The molecule has 0 radical (unpaired) electrons. The Balaban J connectivity index is 1.90. The molecule has 0 aliphatic rings. The van der Waals surface area contributed by atoms with Gasteiger partial charge in [0.05, 0.1) is 0 Å². The molecule has 0 bridgehead atoms. The van der Waals surface area contributed by atoms with Gasteiger partial charge in [-0.15, -0.1) is 0 Å². The van der Waals surface area contributed by atoms with E-state index in [1.165, 1.54) is 6.07 Å². The largest absolute Gasteiger partial charge is 0.309 e. The highest BCUT2D eigenvalue weighted by Crippen LogP contribution is 2.10. The predicted octanol–water partition coefficient (Wildman–Crippen LogP) is 3.13. The van der Waals surface area contributed by atoms with Crippen LogP contribution in [0.4, 0.5) is 4.39 Å². The van der Waals surface area contributed by atoms with Gasteiger partial charge in [0.15, 0.2) is 0 Å². The van der Waals surface area contributed by atoms with Crippen molar-refractivity contribution in [3.05, 3.63) is 64.7 Å². The van der Waals surface area contributed by atoms with Crippen LogP contribution in [0.1, 0.15) is 22.4 Å². The first-order chi connectivity index (χ1) is 8.65. The van der Waals surface area contributed by atoms with Crippen LogP contribution in [-0.2, 0) is 13.1 Å². The van der Waals surface area contributed by atoms with E-state index in [-0.39, 0.29) is 5.82 Å². The molecule has 0 amide bonds. The zero-order chi connectivity index (χ0) is 13.0. The van der Waals surface area contributed by atoms with Gasteiger partial charge in [0.2, 0.25) is 0 Å². The van der Waals surface area contributed by atoms with Crippen LogP contribution in [0.3, 0.4) is 0 Å². The van der Waals surface area contributed by atoms with E-state index >= 15 is 0 Å². The molecule has 1 aromatic carbocycles. The molecule has 2 nitrogen and oxygen atoms in total. The van der Waals surface area contributed by atoms with E-state index in [1.807, 2.05) is 32.2 Å². The molecular formula is C15H17FN2. The van der Waals surface area contributed by atoms with E-state index in [9.17, 15) is 4.39 Å². The van der Waals surface area contributed by atoms with Crippen LogP contribution in [0.25, 0.3) is 0 Å². The number of aryl methyl sites for hydroxylation is 2. The third-order valence-corrected chi connectivity index (χ3v) is 2.92. The fraction of sp³-hybridized carbons (Fsp3) is 0.267. The van der Waals surface area contributed by atoms with Crippen LogP contribution in [-0.4, -0.2) is 4.98 Å². The number of halogens is 1. The summed E-state index contributed by atoms with van der Waals surface area (Å²) in [7, 11) is 0. The van der Waals surface area contributed by atoms with Crippen molar-refractivity contribution in [2.45, 2.75) is 26.9 Å². The lowest BCUT2D eigenvalue weighted by Gasteiger charge is -2.08. The smallest absolute Gasteiger partial charge is 0.123 e. The maximum Gasteiger partial charge on any atom is 0.123 e. The summed E-state index contributed by atoms with van der Waals surface area (Å²) in [5.74, 6) is -0.181. The summed E-state index contributed by atoms with van der Waals surface area (Å²) in [5.41, 5.74) is 4.27. The van der Waals surface area contributed by atoms with E-state index in [4.69, 9.17) is 0 Å². The number of nitrogens with one attached hydrogen (secondary N) is 1. The molecule has 0 saturated carbocycles. The minimum atomic E-state index is -0.181. The molecule has 3 heteroatoms. The number of benzene rings is 1. The van der Waals surface area contributed by atoms with Crippen LogP contribution in [0.15, 0.2) is 36.5 Å². The molecule has 0 unspecified atom stereocenters.